The number of aliphatic hydroxyl groups is 1. The lowest BCUT2D eigenvalue weighted by Gasteiger charge is -2.29. The van der Waals surface area contributed by atoms with Crippen LogP contribution >= 0.6 is 0 Å². The molecule has 6 nitrogen and oxygen atoms in total. The molecule has 0 bridgehead atoms. The summed E-state index contributed by atoms with van der Waals surface area (Å²) >= 11 is 0. The average molecular weight is 377 g/mol. The fourth-order valence-corrected chi connectivity index (χ4v) is 3.59. The number of carbonyl (C=O) groups is 1. The highest BCUT2D eigenvalue weighted by Crippen LogP contribution is 2.31. The molecule has 1 aromatic heterocycles. The molecule has 0 saturated heterocycles. The van der Waals surface area contributed by atoms with Gasteiger partial charge in [-0.15, -0.1) is 0 Å². The molecule has 1 aliphatic rings. The average Bonchev–Trinajstić information content (AvgIpc) is 3.18. The Bertz CT molecular complexity index is 947. The summed E-state index contributed by atoms with van der Waals surface area (Å²) in [6, 6.07) is 17.8. The van der Waals surface area contributed by atoms with Gasteiger partial charge in [-0.3, -0.25) is 4.79 Å². The Morgan fingerprint density at radius 1 is 1.14 bits per heavy atom. The maximum atomic E-state index is 12.6. The van der Waals surface area contributed by atoms with Crippen LogP contribution in [0.25, 0.3) is 22.4 Å². The minimum atomic E-state index is -0.588. The highest BCUT2D eigenvalue weighted by atomic mass is 16.5. The van der Waals surface area contributed by atoms with E-state index in [4.69, 9.17) is 4.52 Å². The van der Waals surface area contributed by atoms with Crippen LogP contribution in [0.1, 0.15) is 11.3 Å². The lowest BCUT2D eigenvalue weighted by atomic mass is 9.98. The van der Waals surface area contributed by atoms with Crippen molar-refractivity contribution in [2.75, 3.05) is 20.2 Å². The quantitative estimate of drug-likeness (QED) is 0.714. The van der Waals surface area contributed by atoms with Gasteiger partial charge in [0.25, 0.3) is 0 Å². The molecule has 0 spiro atoms. The first-order valence-electron chi connectivity index (χ1n) is 9.41. The van der Waals surface area contributed by atoms with Crippen LogP contribution in [0.2, 0.25) is 0 Å². The van der Waals surface area contributed by atoms with E-state index in [0.29, 0.717) is 19.5 Å². The second kappa shape index (κ2) is 7.96. The Kier molecular flexibility index (Phi) is 5.23. The number of benzene rings is 2. The van der Waals surface area contributed by atoms with E-state index in [2.05, 4.69) is 34.7 Å². The van der Waals surface area contributed by atoms with Gasteiger partial charge < -0.3 is 19.8 Å². The van der Waals surface area contributed by atoms with Crippen LogP contribution in [-0.4, -0.2) is 47.3 Å². The number of hydrogen-bond acceptors (Lipinski definition) is 5. The minimum Gasteiger partial charge on any atom is -0.394 e. The third-order valence-corrected chi connectivity index (χ3v) is 5.23. The van der Waals surface area contributed by atoms with Gasteiger partial charge in [0.1, 0.15) is 17.5 Å². The van der Waals surface area contributed by atoms with Gasteiger partial charge in [0.15, 0.2) is 0 Å². The molecule has 6 heteroatoms. The van der Waals surface area contributed by atoms with Crippen molar-refractivity contribution in [1.29, 1.82) is 0 Å². The van der Waals surface area contributed by atoms with E-state index in [0.717, 1.165) is 33.7 Å². The Hall–Kier alpha value is -2.96. The van der Waals surface area contributed by atoms with Gasteiger partial charge in [-0.2, -0.15) is 0 Å². The molecular formula is C22H23N3O3. The van der Waals surface area contributed by atoms with Crippen molar-refractivity contribution in [2.45, 2.75) is 19.0 Å². The van der Waals surface area contributed by atoms with Crippen LogP contribution in [0, 0.1) is 0 Å². The predicted octanol–water partition coefficient (Wildman–Crippen LogP) is 2.47. The molecule has 1 atom stereocenters. The monoisotopic (exact) mass is 377 g/mol. The SMILES string of the molecule is CN[C@@H](CO)C(=O)N1CCc2onc(-c3ccc(-c4ccccc4)cc3)c2C1. The minimum absolute atomic E-state index is 0.109. The number of fused-ring (bicyclic) bond motifs is 1. The summed E-state index contributed by atoms with van der Waals surface area (Å²) in [7, 11) is 1.67. The number of carbonyl (C=O) groups excluding carboxylic acids is 1. The number of nitrogens with one attached hydrogen (secondary N) is 1. The molecule has 0 radical (unpaired) electrons. The van der Waals surface area contributed by atoms with Gasteiger partial charge >= 0.3 is 0 Å². The van der Waals surface area contributed by atoms with Gasteiger partial charge in [-0.05, 0) is 18.2 Å². The number of hydrogen-bond donors (Lipinski definition) is 2. The smallest absolute Gasteiger partial charge is 0.242 e. The zero-order valence-electron chi connectivity index (χ0n) is 15.8. The number of aromatic nitrogens is 1. The molecule has 2 N–H and O–H groups in total. The topological polar surface area (TPSA) is 78.6 Å². The second-order valence-electron chi connectivity index (χ2n) is 6.91. The molecule has 2 aromatic carbocycles. The van der Waals surface area contributed by atoms with E-state index in [1.54, 1.807) is 11.9 Å². The third kappa shape index (κ3) is 3.44. The van der Waals surface area contributed by atoms with E-state index < -0.39 is 6.04 Å². The molecule has 2 heterocycles. The van der Waals surface area contributed by atoms with E-state index >= 15 is 0 Å². The summed E-state index contributed by atoms with van der Waals surface area (Å²) in [5, 5.41) is 16.5. The van der Waals surface area contributed by atoms with Crippen molar-refractivity contribution in [3.05, 3.63) is 65.9 Å². The Morgan fingerprint density at radius 3 is 2.50 bits per heavy atom. The van der Waals surface area contributed by atoms with Gasteiger partial charge in [-0.1, -0.05) is 59.8 Å². The first kappa shape index (κ1) is 18.4. The van der Waals surface area contributed by atoms with Crippen molar-refractivity contribution in [3.63, 3.8) is 0 Å². The lowest BCUT2D eigenvalue weighted by Crippen LogP contribution is -2.48. The molecule has 28 heavy (non-hydrogen) atoms. The van der Waals surface area contributed by atoms with Gasteiger partial charge in [0.05, 0.1) is 13.2 Å². The summed E-state index contributed by atoms with van der Waals surface area (Å²) in [6.07, 6.45) is 0.623. The van der Waals surface area contributed by atoms with Crippen LogP contribution in [0.4, 0.5) is 0 Å². The highest BCUT2D eigenvalue weighted by molar-refractivity contribution is 5.82. The van der Waals surface area contributed by atoms with Gasteiger partial charge in [-0.25, -0.2) is 0 Å². The van der Waals surface area contributed by atoms with Crippen molar-refractivity contribution in [2.24, 2.45) is 0 Å². The number of amides is 1. The first-order chi connectivity index (χ1) is 13.7. The molecule has 0 saturated carbocycles. The summed E-state index contributed by atoms with van der Waals surface area (Å²) < 4.78 is 5.54. The normalized spacial score (nSPS) is 14.6. The molecule has 144 valence electrons. The maximum absolute atomic E-state index is 12.6. The molecule has 0 unspecified atom stereocenters. The van der Waals surface area contributed by atoms with Gasteiger partial charge in [0, 0.05) is 24.1 Å². The fraction of sp³-hybridized carbons (Fsp3) is 0.273. The molecular weight excluding hydrogens is 354 g/mol. The number of likely N-dealkylation sites (N-methyl/N-ethyl adjacent to an activating group) is 1. The third-order valence-electron chi connectivity index (χ3n) is 5.23. The van der Waals surface area contributed by atoms with Crippen LogP contribution in [0.15, 0.2) is 59.1 Å². The molecule has 3 aromatic rings. The predicted molar refractivity (Wildman–Crippen MR) is 106 cm³/mol. The summed E-state index contributed by atoms with van der Waals surface area (Å²) in [4.78, 5) is 14.3. The van der Waals surface area contributed by atoms with E-state index in [9.17, 15) is 9.90 Å². The Labute approximate surface area is 163 Å². The van der Waals surface area contributed by atoms with Crippen LogP contribution in [-0.2, 0) is 17.8 Å². The number of rotatable bonds is 5. The standard InChI is InChI=1S/C22H23N3O3/c1-23-19(14-26)22(27)25-12-11-20-18(13-25)21(24-28-20)17-9-7-16(8-10-17)15-5-3-2-4-6-15/h2-10,19,23,26H,11-14H2,1H3/t19-/m0/s1. The molecule has 0 aliphatic carbocycles. The van der Waals surface area contributed by atoms with Gasteiger partial charge in [0.2, 0.25) is 5.91 Å². The van der Waals surface area contributed by atoms with Crippen LogP contribution < -0.4 is 5.32 Å². The van der Waals surface area contributed by atoms with E-state index in [1.165, 1.54) is 0 Å². The molecule has 4 rings (SSSR count). The first-order valence-corrected chi connectivity index (χ1v) is 9.41. The highest BCUT2D eigenvalue weighted by Gasteiger charge is 2.30. The van der Waals surface area contributed by atoms with Crippen LogP contribution in [0.3, 0.4) is 0 Å². The largest absolute Gasteiger partial charge is 0.394 e. The van der Waals surface area contributed by atoms with E-state index in [-0.39, 0.29) is 12.5 Å². The zero-order chi connectivity index (χ0) is 19.5. The summed E-state index contributed by atoms with van der Waals surface area (Å²) in [5.74, 6) is 0.721. The van der Waals surface area contributed by atoms with E-state index in [1.807, 2.05) is 30.3 Å². The van der Waals surface area contributed by atoms with Crippen molar-refractivity contribution < 1.29 is 14.4 Å². The van der Waals surface area contributed by atoms with Crippen molar-refractivity contribution >= 4 is 5.91 Å². The molecule has 0 fully saturated rings. The fourth-order valence-electron chi connectivity index (χ4n) is 3.59. The summed E-state index contributed by atoms with van der Waals surface area (Å²) in [6.45, 7) is 0.771. The number of nitrogens with zero attached hydrogens (tertiary/aromatic N) is 2. The van der Waals surface area contributed by atoms with Crippen molar-refractivity contribution in [3.8, 4) is 22.4 Å². The maximum Gasteiger partial charge on any atom is 0.242 e. The zero-order valence-corrected chi connectivity index (χ0v) is 15.8. The number of aliphatic hydroxyl groups excluding tert-OH is 1. The second-order valence-corrected chi connectivity index (χ2v) is 6.91. The lowest BCUT2D eigenvalue weighted by molar-refractivity contribution is -0.135. The summed E-state index contributed by atoms with van der Waals surface area (Å²) in [5.41, 5.74) is 4.98. The molecule has 1 aliphatic heterocycles. The Balaban J connectivity index is 1.58. The van der Waals surface area contributed by atoms with Crippen molar-refractivity contribution in [1.82, 2.24) is 15.4 Å². The molecule has 1 amide bonds. The van der Waals surface area contributed by atoms with Crippen LogP contribution in [0.5, 0.6) is 0 Å². The Morgan fingerprint density at radius 2 is 1.82 bits per heavy atom.